The normalized spacial score (nSPS) is 13.3. The van der Waals surface area contributed by atoms with E-state index in [1.165, 1.54) is 19.3 Å². The number of esters is 2. The van der Waals surface area contributed by atoms with Gasteiger partial charge in [-0.3, -0.25) is 9.59 Å². The Balaban J connectivity index is 0.000000237. The summed E-state index contributed by atoms with van der Waals surface area (Å²) < 4.78 is 10.5. The van der Waals surface area contributed by atoms with Gasteiger partial charge in [0, 0.05) is 53.7 Å². The standard InChI is InChI=1S/C23H33N3O3.C15H20N2O2/c1-16(2)29-22(27)15-21-19(18-11-7-8-12-20(18)25-21)13-14-24-23(28)26(3)17-9-5-4-6-10-17;1-4-16-15-11-7-5-6-8-12(11)17-13(15)9-14(18)19-10(2)3/h7-8,11-12,16-17,25H,4-6,9-10,13-15H2,1-3H3,(H,24,28);5-8,10,16-17H,4,9H2,1-3H3. The van der Waals surface area contributed by atoms with Crippen LogP contribution in [0.25, 0.3) is 21.8 Å². The number of carbonyl (C=O) groups excluding carboxylic acids is 3. The topological polar surface area (TPSA) is 129 Å². The third-order valence-corrected chi connectivity index (χ3v) is 8.51. The van der Waals surface area contributed by atoms with E-state index in [1.54, 1.807) is 0 Å². The summed E-state index contributed by atoms with van der Waals surface area (Å²) >= 11 is 0. The molecule has 2 heterocycles. The highest BCUT2D eigenvalue weighted by atomic mass is 16.5. The van der Waals surface area contributed by atoms with Crippen LogP contribution in [0, 0.1) is 0 Å². The third kappa shape index (κ3) is 10.0. The number of nitrogens with zero attached hydrogens (tertiary/aromatic N) is 1. The number of anilines is 1. The molecule has 1 saturated carbocycles. The van der Waals surface area contributed by atoms with E-state index in [9.17, 15) is 14.4 Å². The smallest absolute Gasteiger partial charge is 0.317 e. The summed E-state index contributed by atoms with van der Waals surface area (Å²) in [5, 5.41) is 8.57. The summed E-state index contributed by atoms with van der Waals surface area (Å²) in [5.41, 5.74) is 5.85. The first-order valence-electron chi connectivity index (χ1n) is 17.4. The predicted molar refractivity (Wildman–Crippen MR) is 192 cm³/mol. The van der Waals surface area contributed by atoms with Crippen molar-refractivity contribution in [3.63, 3.8) is 0 Å². The number of aromatic amines is 2. The zero-order valence-corrected chi connectivity index (χ0v) is 29.4. The molecule has 48 heavy (non-hydrogen) atoms. The summed E-state index contributed by atoms with van der Waals surface area (Å²) in [6.07, 6.45) is 6.77. The van der Waals surface area contributed by atoms with Gasteiger partial charge >= 0.3 is 18.0 Å². The van der Waals surface area contributed by atoms with E-state index in [0.29, 0.717) is 19.0 Å². The molecule has 0 radical (unpaired) electrons. The monoisotopic (exact) mass is 659 g/mol. The molecule has 0 aliphatic heterocycles. The largest absolute Gasteiger partial charge is 0.463 e. The van der Waals surface area contributed by atoms with Gasteiger partial charge in [-0.2, -0.15) is 0 Å². The number of hydrogen-bond acceptors (Lipinski definition) is 6. The second kappa shape index (κ2) is 17.6. The van der Waals surface area contributed by atoms with Gasteiger partial charge in [-0.1, -0.05) is 55.7 Å². The molecule has 1 aliphatic carbocycles. The van der Waals surface area contributed by atoms with E-state index >= 15 is 0 Å². The second-order valence-electron chi connectivity index (χ2n) is 13.0. The van der Waals surface area contributed by atoms with E-state index in [0.717, 1.165) is 63.8 Å². The first kappa shape index (κ1) is 36.4. The number of fused-ring (bicyclic) bond motifs is 2. The number of nitrogens with one attached hydrogen (secondary N) is 4. The van der Waals surface area contributed by atoms with Crippen LogP contribution in [0.5, 0.6) is 0 Å². The van der Waals surface area contributed by atoms with Gasteiger partial charge < -0.3 is 35.0 Å². The number of urea groups is 1. The zero-order valence-electron chi connectivity index (χ0n) is 29.4. The predicted octanol–water partition coefficient (Wildman–Crippen LogP) is 7.27. The molecule has 4 aromatic rings. The minimum Gasteiger partial charge on any atom is -0.463 e. The lowest BCUT2D eigenvalue weighted by molar-refractivity contribution is -0.147. The van der Waals surface area contributed by atoms with Crippen molar-refractivity contribution in [1.82, 2.24) is 20.2 Å². The molecule has 10 nitrogen and oxygen atoms in total. The maximum Gasteiger partial charge on any atom is 0.317 e. The number of rotatable bonds is 12. The number of para-hydroxylation sites is 2. The average molecular weight is 660 g/mol. The van der Waals surface area contributed by atoms with E-state index in [-0.39, 0.29) is 43.0 Å². The molecule has 260 valence electrons. The fourth-order valence-corrected chi connectivity index (χ4v) is 6.35. The molecule has 1 fully saturated rings. The van der Waals surface area contributed by atoms with Crippen molar-refractivity contribution in [2.75, 3.05) is 25.5 Å². The molecular weight excluding hydrogens is 606 g/mol. The van der Waals surface area contributed by atoms with Crippen LogP contribution < -0.4 is 10.6 Å². The molecule has 0 atom stereocenters. The highest BCUT2D eigenvalue weighted by molar-refractivity contribution is 5.96. The molecule has 0 saturated heterocycles. The molecule has 2 aromatic heterocycles. The summed E-state index contributed by atoms with van der Waals surface area (Å²) in [6.45, 7) is 10.8. The molecule has 1 aliphatic rings. The van der Waals surface area contributed by atoms with Crippen LogP contribution in [0.2, 0.25) is 0 Å². The van der Waals surface area contributed by atoms with Crippen molar-refractivity contribution in [3.05, 3.63) is 65.5 Å². The second-order valence-corrected chi connectivity index (χ2v) is 13.0. The van der Waals surface area contributed by atoms with Gasteiger partial charge in [0.1, 0.15) is 0 Å². The Labute approximate surface area is 284 Å². The van der Waals surface area contributed by atoms with Crippen LogP contribution in [-0.2, 0) is 38.3 Å². The molecule has 2 amide bonds. The molecule has 5 rings (SSSR count). The highest BCUT2D eigenvalue weighted by Gasteiger charge is 2.22. The summed E-state index contributed by atoms with van der Waals surface area (Å²) in [6, 6.07) is 16.4. The summed E-state index contributed by atoms with van der Waals surface area (Å²) in [5.74, 6) is -0.449. The van der Waals surface area contributed by atoms with Gasteiger partial charge in [-0.15, -0.1) is 0 Å². The van der Waals surface area contributed by atoms with Gasteiger partial charge in [-0.25, -0.2) is 4.79 Å². The molecule has 10 heteroatoms. The van der Waals surface area contributed by atoms with Crippen molar-refractivity contribution >= 4 is 45.5 Å². The minimum atomic E-state index is -0.242. The fourth-order valence-electron chi connectivity index (χ4n) is 6.35. The van der Waals surface area contributed by atoms with Gasteiger partial charge in [0.15, 0.2) is 0 Å². The lowest BCUT2D eigenvalue weighted by atomic mass is 9.95. The molecule has 0 unspecified atom stereocenters. The molecule has 0 bridgehead atoms. The number of ether oxygens (including phenoxy) is 2. The molecular formula is C38H53N5O5. The van der Waals surface area contributed by atoms with E-state index in [2.05, 4.69) is 26.7 Å². The van der Waals surface area contributed by atoms with Crippen molar-refractivity contribution in [2.24, 2.45) is 0 Å². The Morgan fingerprint density at radius 1 is 0.812 bits per heavy atom. The van der Waals surface area contributed by atoms with Crippen LogP contribution in [0.1, 0.15) is 83.7 Å². The SMILES string of the molecule is CC(C)OC(=O)Cc1[nH]c2ccccc2c1CCNC(=O)N(C)C1CCCCC1.CCNc1c(CC(=O)OC(C)C)[nH]c2ccccc12. The maximum absolute atomic E-state index is 12.6. The Morgan fingerprint density at radius 3 is 1.96 bits per heavy atom. The van der Waals surface area contributed by atoms with Crippen LogP contribution in [-0.4, -0.2) is 71.2 Å². The van der Waals surface area contributed by atoms with Crippen LogP contribution in [0.4, 0.5) is 10.5 Å². The Morgan fingerprint density at radius 2 is 1.35 bits per heavy atom. The zero-order chi connectivity index (χ0) is 34.6. The van der Waals surface area contributed by atoms with Crippen molar-refractivity contribution < 1.29 is 23.9 Å². The fraction of sp³-hybridized carbons (Fsp3) is 0.500. The van der Waals surface area contributed by atoms with Gasteiger partial charge in [0.2, 0.25) is 0 Å². The quantitative estimate of drug-likeness (QED) is 0.118. The van der Waals surface area contributed by atoms with Gasteiger partial charge in [0.05, 0.1) is 36.4 Å². The summed E-state index contributed by atoms with van der Waals surface area (Å²) in [7, 11) is 1.89. The number of hydrogen-bond donors (Lipinski definition) is 4. The Kier molecular flexibility index (Phi) is 13.3. The molecule has 4 N–H and O–H groups in total. The van der Waals surface area contributed by atoms with E-state index in [4.69, 9.17) is 9.47 Å². The molecule has 2 aromatic carbocycles. The first-order valence-corrected chi connectivity index (χ1v) is 17.4. The molecule has 0 spiro atoms. The van der Waals surface area contributed by atoms with E-state index in [1.807, 2.05) is 89.0 Å². The van der Waals surface area contributed by atoms with Gasteiger partial charge in [0.25, 0.3) is 0 Å². The number of amides is 2. The summed E-state index contributed by atoms with van der Waals surface area (Å²) in [4.78, 5) is 45.0. The average Bonchev–Trinajstić information content (AvgIpc) is 3.57. The third-order valence-electron chi connectivity index (χ3n) is 8.51. The van der Waals surface area contributed by atoms with Crippen molar-refractivity contribution in [3.8, 4) is 0 Å². The lowest BCUT2D eigenvalue weighted by Gasteiger charge is -2.31. The van der Waals surface area contributed by atoms with Crippen LogP contribution >= 0.6 is 0 Å². The number of benzene rings is 2. The maximum atomic E-state index is 12.6. The van der Waals surface area contributed by atoms with Crippen molar-refractivity contribution in [1.29, 1.82) is 0 Å². The van der Waals surface area contributed by atoms with Gasteiger partial charge in [-0.05, 0) is 71.6 Å². The lowest BCUT2D eigenvalue weighted by Crippen LogP contribution is -2.44. The van der Waals surface area contributed by atoms with Crippen molar-refractivity contribution in [2.45, 2.75) is 104 Å². The minimum absolute atomic E-state index is 0.0162. The van der Waals surface area contributed by atoms with Crippen LogP contribution in [0.15, 0.2) is 48.5 Å². The highest BCUT2D eigenvalue weighted by Crippen LogP contribution is 2.28. The Bertz CT molecular complexity index is 1650. The number of carbonyl (C=O) groups is 3. The van der Waals surface area contributed by atoms with E-state index < -0.39 is 0 Å². The number of aromatic nitrogens is 2. The number of H-pyrrole nitrogens is 2. The van der Waals surface area contributed by atoms with Crippen LogP contribution in [0.3, 0.4) is 0 Å². The first-order chi connectivity index (χ1) is 23.1. The Hall–Kier alpha value is -4.47.